The lowest BCUT2D eigenvalue weighted by atomic mass is 10.2. The van der Waals surface area contributed by atoms with E-state index in [1.807, 2.05) is 37.3 Å². The lowest BCUT2D eigenvalue weighted by Gasteiger charge is -2.06. The number of esters is 1. The van der Waals surface area contributed by atoms with Crippen LogP contribution in [0.4, 0.5) is 5.69 Å². The molecule has 0 aliphatic carbocycles. The average Bonchev–Trinajstić information content (AvgIpc) is 2.60. The first kappa shape index (κ1) is 18.8. The molecule has 1 N–H and O–H groups in total. The van der Waals surface area contributed by atoms with Crippen molar-refractivity contribution in [2.24, 2.45) is 0 Å². The van der Waals surface area contributed by atoms with Crippen molar-refractivity contribution in [2.45, 2.75) is 18.7 Å². The van der Waals surface area contributed by atoms with Gasteiger partial charge in [0.1, 0.15) is 0 Å². The highest BCUT2D eigenvalue weighted by Crippen LogP contribution is 2.19. The molecule has 25 heavy (non-hydrogen) atoms. The first-order valence-corrected chi connectivity index (χ1v) is 8.99. The molecular formula is C20H21NO3S. The van der Waals surface area contributed by atoms with Crippen molar-refractivity contribution in [1.82, 2.24) is 0 Å². The van der Waals surface area contributed by atoms with Gasteiger partial charge in [-0.3, -0.25) is 4.79 Å². The van der Waals surface area contributed by atoms with Crippen LogP contribution in [0.25, 0.3) is 6.08 Å². The topological polar surface area (TPSA) is 55.4 Å². The van der Waals surface area contributed by atoms with Gasteiger partial charge in [-0.25, -0.2) is 4.79 Å². The molecule has 5 heteroatoms. The number of amides is 1. The number of carbonyl (C=O) groups excluding carboxylic acids is 2. The van der Waals surface area contributed by atoms with E-state index < -0.39 is 0 Å². The van der Waals surface area contributed by atoms with Crippen molar-refractivity contribution in [3.05, 3.63) is 65.7 Å². The van der Waals surface area contributed by atoms with E-state index in [9.17, 15) is 9.59 Å². The van der Waals surface area contributed by atoms with E-state index in [-0.39, 0.29) is 11.9 Å². The third kappa shape index (κ3) is 6.85. The standard InChI is InChI=1S/C20H21NO3S/c1-3-24-20(23)12-9-16-7-10-17(11-8-16)21-19(22)14-25-18-6-4-5-15(2)13-18/h4-13H,3,14H2,1-2H3,(H,21,22). The molecule has 2 rings (SSSR count). The van der Waals surface area contributed by atoms with Crippen molar-refractivity contribution in [3.63, 3.8) is 0 Å². The van der Waals surface area contributed by atoms with E-state index in [2.05, 4.69) is 11.4 Å². The molecule has 4 nitrogen and oxygen atoms in total. The van der Waals surface area contributed by atoms with Crippen LogP contribution in [0.3, 0.4) is 0 Å². The fourth-order valence-electron chi connectivity index (χ4n) is 2.08. The molecule has 0 spiro atoms. The molecule has 2 aromatic carbocycles. The van der Waals surface area contributed by atoms with Crippen molar-refractivity contribution in [2.75, 3.05) is 17.7 Å². The first-order chi connectivity index (χ1) is 12.1. The molecule has 130 valence electrons. The first-order valence-electron chi connectivity index (χ1n) is 8.01. The molecule has 0 unspecified atom stereocenters. The van der Waals surface area contributed by atoms with Crippen LogP contribution < -0.4 is 5.32 Å². The molecule has 0 saturated heterocycles. The summed E-state index contributed by atoms with van der Waals surface area (Å²) in [6.07, 6.45) is 3.06. The quantitative estimate of drug-likeness (QED) is 0.457. The number of ether oxygens (including phenoxy) is 1. The third-order valence-electron chi connectivity index (χ3n) is 3.25. The maximum atomic E-state index is 12.0. The molecule has 0 bridgehead atoms. The number of thioether (sulfide) groups is 1. The van der Waals surface area contributed by atoms with Crippen LogP contribution in [-0.2, 0) is 14.3 Å². The van der Waals surface area contributed by atoms with Gasteiger partial charge in [-0.15, -0.1) is 11.8 Å². The molecule has 1 amide bonds. The normalized spacial score (nSPS) is 10.6. The Morgan fingerprint density at radius 3 is 2.60 bits per heavy atom. The Bertz CT molecular complexity index is 754. The van der Waals surface area contributed by atoms with Crippen LogP contribution in [0.5, 0.6) is 0 Å². The Morgan fingerprint density at radius 2 is 1.92 bits per heavy atom. The Balaban J connectivity index is 1.83. The highest BCUT2D eigenvalue weighted by atomic mass is 32.2. The van der Waals surface area contributed by atoms with E-state index in [1.54, 1.807) is 25.1 Å². The summed E-state index contributed by atoms with van der Waals surface area (Å²) in [5.74, 6) is -0.0668. The predicted molar refractivity (Wildman–Crippen MR) is 103 cm³/mol. The molecule has 0 aromatic heterocycles. The number of benzene rings is 2. The lowest BCUT2D eigenvalue weighted by molar-refractivity contribution is -0.137. The minimum absolute atomic E-state index is 0.0543. The summed E-state index contributed by atoms with van der Waals surface area (Å²) in [7, 11) is 0. The third-order valence-corrected chi connectivity index (χ3v) is 4.25. The number of hydrogen-bond acceptors (Lipinski definition) is 4. The summed E-state index contributed by atoms with van der Waals surface area (Å²) in [6, 6.07) is 15.3. The fourth-order valence-corrected chi connectivity index (χ4v) is 2.90. The molecule has 0 aliphatic rings. The van der Waals surface area contributed by atoms with Crippen molar-refractivity contribution < 1.29 is 14.3 Å². The van der Waals surface area contributed by atoms with E-state index in [0.717, 1.165) is 16.1 Å². The van der Waals surface area contributed by atoms with Crippen LogP contribution >= 0.6 is 11.8 Å². The number of rotatable bonds is 7. The SMILES string of the molecule is CCOC(=O)C=Cc1ccc(NC(=O)CSc2cccc(C)c2)cc1. The van der Waals surface area contributed by atoms with Gasteiger partial charge in [0, 0.05) is 16.7 Å². The maximum Gasteiger partial charge on any atom is 0.330 e. The second-order valence-corrected chi connectivity index (χ2v) is 6.41. The second kappa shape index (κ2) is 9.69. The molecule has 2 aromatic rings. The fraction of sp³-hybridized carbons (Fsp3) is 0.200. The molecule has 0 fully saturated rings. The zero-order valence-electron chi connectivity index (χ0n) is 14.3. The largest absolute Gasteiger partial charge is 0.463 e. The summed E-state index contributed by atoms with van der Waals surface area (Å²) < 4.78 is 4.83. The number of carbonyl (C=O) groups is 2. The number of anilines is 1. The van der Waals surface area contributed by atoms with E-state index >= 15 is 0 Å². The van der Waals surface area contributed by atoms with Gasteiger partial charge in [0.2, 0.25) is 5.91 Å². The van der Waals surface area contributed by atoms with Gasteiger partial charge in [-0.05, 0) is 49.8 Å². The van der Waals surface area contributed by atoms with Crippen LogP contribution in [-0.4, -0.2) is 24.2 Å². The van der Waals surface area contributed by atoms with E-state index in [1.165, 1.54) is 23.4 Å². The van der Waals surface area contributed by atoms with Crippen molar-refractivity contribution >= 4 is 35.4 Å². The summed E-state index contributed by atoms with van der Waals surface area (Å²) in [5.41, 5.74) is 2.76. The molecule has 0 atom stereocenters. The van der Waals surface area contributed by atoms with E-state index in [0.29, 0.717) is 12.4 Å². The Hall–Kier alpha value is -2.53. The monoisotopic (exact) mass is 355 g/mol. The van der Waals surface area contributed by atoms with Crippen LogP contribution in [0.2, 0.25) is 0 Å². The summed E-state index contributed by atoms with van der Waals surface area (Å²) in [6.45, 7) is 4.15. The zero-order chi connectivity index (χ0) is 18.1. The Kier molecular flexibility index (Phi) is 7.29. The zero-order valence-corrected chi connectivity index (χ0v) is 15.1. The van der Waals surface area contributed by atoms with Gasteiger partial charge >= 0.3 is 5.97 Å². The Morgan fingerprint density at radius 1 is 1.16 bits per heavy atom. The molecule has 0 radical (unpaired) electrons. The van der Waals surface area contributed by atoms with Gasteiger partial charge in [0.05, 0.1) is 12.4 Å². The minimum atomic E-state index is -0.368. The molecule has 0 aliphatic heterocycles. The van der Waals surface area contributed by atoms with Crippen molar-refractivity contribution in [1.29, 1.82) is 0 Å². The lowest BCUT2D eigenvalue weighted by Crippen LogP contribution is -2.13. The number of hydrogen-bond donors (Lipinski definition) is 1. The van der Waals surface area contributed by atoms with Gasteiger partial charge in [0.15, 0.2) is 0 Å². The minimum Gasteiger partial charge on any atom is -0.463 e. The Labute approximate surface area is 152 Å². The second-order valence-electron chi connectivity index (χ2n) is 5.36. The molecular weight excluding hydrogens is 334 g/mol. The van der Waals surface area contributed by atoms with Gasteiger partial charge in [-0.1, -0.05) is 29.8 Å². The highest BCUT2D eigenvalue weighted by Gasteiger charge is 2.04. The van der Waals surface area contributed by atoms with Crippen LogP contribution in [0, 0.1) is 6.92 Å². The smallest absolute Gasteiger partial charge is 0.330 e. The van der Waals surface area contributed by atoms with Crippen molar-refractivity contribution in [3.8, 4) is 0 Å². The number of aryl methyl sites for hydroxylation is 1. The maximum absolute atomic E-state index is 12.0. The highest BCUT2D eigenvalue weighted by molar-refractivity contribution is 8.00. The van der Waals surface area contributed by atoms with Gasteiger partial charge in [0.25, 0.3) is 0 Å². The number of nitrogens with one attached hydrogen (secondary N) is 1. The summed E-state index contributed by atoms with van der Waals surface area (Å²) in [4.78, 5) is 24.4. The van der Waals surface area contributed by atoms with Gasteiger partial charge < -0.3 is 10.1 Å². The average molecular weight is 355 g/mol. The summed E-state index contributed by atoms with van der Waals surface area (Å²) in [5, 5.41) is 2.86. The van der Waals surface area contributed by atoms with Crippen LogP contribution in [0.1, 0.15) is 18.1 Å². The van der Waals surface area contributed by atoms with Gasteiger partial charge in [-0.2, -0.15) is 0 Å². The van der Waals surface area contributed by atoms with E-state index in [4.69, 9.17) is 4.74 Å². The van der Waals surface area contributed by atoms with Crippen LogP contribution in [0.15, 0.2) is 59.5 Å². The summed E-state index contributed by atoms with van der Waals surface area (Å²) >= 11 is 1.51. The molecule has 0 saturated carbocycles. The predicted octanol–water partition coefficient (Wildman–Crippen LogP) is 4.30. The molecule has 0 heterocycles.